The molecule has 1 amide bonds. The third-order valence-corrected chi connectivity index (χ3v) is 2.86. The maximum Gasteiger partial charge on any atom is 0.426 e. The van der Waals surface area contributed by atoms with Crippen molar-refractivity contribution in [1.82, 2.24) is 20.4 Å². The van der Waals surface area contributed by atoms with Crippen molar-refractivity contribution in [3.05, 3.63) is 34.9 Å². The third-order valence-electron chi connectivity index (χ3n) is 2.63. The highest BCUT2D eigenvalue weighted by atomic mass is 35.5. The smallest absolute Gasteiger partial charge is 0.426 e. The van der Waals surface area contributed by atoms with Gasteiger partial charge < -0.3 is 10.1 Å². The largest absolute Gasteiger partial charge is 0.449 e. The average Bonchev–Trinajstić information content (AvgIpc) is 2.58. The molecule has 2 aromatic rings. The lowest BCUT2D eigenvalue weighted by molar-refractivity contribution is 0.154. The molecule has 0 saturated heterocycles. The summed E-state index contributed by atoms with van der Waals surface area (Å²) in [4.78, 5) is 23.1. The minimum Gasteiger partial charge on any atom is -0.449 e. The van der Waals surface area contributed by atoms with Gasteiger partial charge in [-0.2, -0.15) is 15.0 Å². The van der Waals surface area contributed by atoms with E-state index in [2.05, 4.69) is 31.1 Å². The number of carbonyl (C=O) groups excluding carboxylic acids is 1. The van der Waals surface area contributed by atoms with Gasteiger partial charge >= 0.3 is 6.09 Å². The number of rotatable bonds is 7. The summed E-state index contributed by atoms with van der Waals surface area (Å²) in [5, 5.41) is 12.6. The number of carbonyl (C=O) groups is 1. The van der Waals surface area contributed by atoms with Crippen molar-refractivity contribution < 1.29 is 14.7 Å². The molecule has 0 aliphatic rings. The van der Waals surface area contributed by atoms with E-state index >= 15 is 0 Å². The second-order valence-electron chi connectivity index (χ2n) is 4.37. The number of nitrogens with one attached hydrogen (secondary N) is 4. The number of halogens is 1. The van der Waals surface area contributed by atoms with Crippen molar-refractivity contribution in [2.45, 2.75) is 13.5 Å². The second kappa shape index (κ2) is 8.70. The molecule has 11 heteroatoms. The minimum atomic E-state index is -0.690. The summed E-state index contributed by atoms with van der Waals surface area (Å²) in [6, 6.07) is 7.27. The van der Waals surface area contributed by atoms with Gasteiger partial charge in [-0.1, -0.05) is 23.7 Å². The quantitative estimate of drug-likeness (QED) is 0.474. The van der Waals surface area contributed by atoms with E-state index in [0.717, 1.165) is 5.56 Å². The second-order valence-corrected chi connectivity index (χ2v) is 4.81. The van der Waals surface area contributed by atoms with E-state index in [4.69, 9.17) is 21.5 Å². The number of aromatic nitrogens is 3. The van der Waals surface area contributed by atoms with E-state index in [1.807, 2.05) is 17.6 Å². The van der Waals surface area contributed by atoms with Crippen LogP contribution in [0.15, 0.2) is 24.3 Å². The molecule has 0 aliphatic heterocycles. The number of anilines is 3. The molecule has 0 saturated carbocycles. The third kappa shape index (κ3) is 5.41. The van der Waals surface area contributed by atoms with Crippen LogP contribution in [0.4, 0.5) is 22.6 Å². The highest BCUT2D eigenvalue weighted by Crippen LogP contribution is 2.13. The summed E-state index contributed by atoms with van der Waals surface area (Å²) in [7, 11) is 0. The number of hydrazine groups is 1. The Balaban J connectivity index is 2.03. The fourth-order valence-electron chi connectivity index (χ4n) is 1.66. The Labute approximate surface area is 142 Å². The molecule has 5 N–H and O–H groups in total. The molecule has 0 fully saturated rings. The first-order chi connectivity index (χ1) is 11.6. The SMILES string of the molecule is CCOC(=O)NNc1nc(NO)nc(NCc2cccc(Cl)c2)n1. The zero-order valence-corrected chi connectivity index (χ0v) is 13.5. The summed E-state index contributed by atoms with van der Waals surface area (Å²) in [5.74, 6) is 0.0737. The first-order valence-electron chi connectivity index (χ1n) is 6.94. The van der Waals surface area contributed by atoms with Crippen LogP contribution in [-0.4, -0.2) is 32.9 Å². The Kier molecular flexibility index (Phi) is 6.34. The van der Waals surface area contributed by atoms with Crippen LogP contribution in [0.2, 0.25) is 5.02 Å². The Hall–Kier alpha value is -2.85. The predicted octanol–water partition coefficient (Wildman–Crippen LogP) is 2.01. The van der Waals surface area contributed by atoms with Gasteiger partial charge in [0.1, 0.15) is 0 Å². The average molecular weight is 354 g/mol. The molecule has 1 heterocycles. The van der Waals surface area contributed by atoms with Crippen LogP contribution < -0.4 is 21.6 Å². The van der Waals surface area contributed by atoms with Crippen LogP contribution in [0.1, 0.15) is 12.5 Å². The standard InChI is InChI=1S/C13H16ClN7O3/c1-2-24-13(22)20-19-11-16-10(17-12(18-11)21-23)15-7-8-4-3-5-9(14)6-8/h3-6,23H,2,7H2,1H3,(H,20,22)(H3,15,16,17,18,19,21). The molecule has 128 valence electrons. The van der Waals surface area contributed by atoms with Gasteiger partial charge in [-0.3, -0.25) is 10.6 Å². The Morgan fingerprint density at radius 1 is 1.25 bits per heavy atom. The maximum absolute atomic E-state index is 11.2. The van der Waals surface area contributed by atoms with E-state index in [-0.39, 0.29) is 24.5 Å². The van der Waals surface area contributed by atoms with Gasteiger partial charge in [-0.25, -0.2) is 15.7 Å². The molecule has 2 rings (SSSR count). The Morgan fingerprint density at radius 3 is 2.71 bits per heavy atom. The number of hydrogen-bond acceptors (Lipinski definition) is 9. The van der Waals surface area contributed by atoms with Crippen LogP contribution in [0.5, 0.6) is 0 Å². The van der Waals surface area contributed by atoms with E-state index in [0.29, 0.717) is 11.6 Å². The number of benzene rings is 1. The van der Waals surface area contributed by atoms with Crippen molar-refractivity contribution in [1.29, 1.82) is 0 Å². The highest BCUT2D eigenvalue weighted by Gasteiger charge is 2.08. The summed E-state index contributed by atoms with van der Waals surface area (Å²) >= 11 is 5.92. The lowest BCUT2D eigenvalue weighted by Crippen LogP contribution is -2.31. The molecule has 24 heavy (non-hydrogen) atoms. The van der Waals surface area contributed by atoms with Crippen molar-refractivity contribution in [3.8, 4) is 0 Å². The van der Waals surface area contributed by atoms with Gasteiger partial charge in [0.25, 0.3) is 5.95 Å². The fraction of sp³-hybridized carbons (Fsp3) is 0.231. The summed E-state index contributed by atoms with van der Waals surface area (Å²) < 4.78 is 4.69. The van der Waals surface area contributed by atoms with Gasteiger partial charge in [0.05, 0.1) is 6.61 Å². The van der Waals surface area contributed by atoms with E-state index in [1.165, 1.54) is 0 Å². The fourth-order valence-corrected chi connectivity index (χ4v) is 1.88. The van der Waals surface area contributed by atoms with Crippen molar-refractivity contribution in [2.75, 3.05) is 22.8 Å². The highest BCUT2D eigenvalue weighted by molar-refractivity contribution is 6.30. The van der Waals surface area contributed by atoms with Crippen LogP contribution in [0.3, 0.4) is 0 Å². The normalized spacial score (nSPS) is 9.96. The molecular weight excluding hydrogens is 338 g/mol. The predicted molar refractivity (Wildman–Crippen MR) is 87.8 cm³/mol. The van der Waals surface area contributed by atoms with E-state index in [9.17, 15) is 4.79 Å². The molecular formula is C13H16ClN7O3. The van der Waals surface area contributed by atoms with Crippen LogP contribution in [-0.2, 0) is 11.3 Å². The van der Waals surface area contributed by atoms with Crippen LogP contribution >= 0.6 is 11.6 Å². The molecule has 0 atom stereocenters. The Bertz CT molecular complexity index is 701. The number of ether oxygens (including phenoxy) is 1. The van der Waals surface area contributed by atoms with Gasteiger partial charge in [0, 0.05) is 11.6 Å². The molecule has 0 bridgehead atoms. The zero-order chi connectivity index (χ0) is 17.4. The monoisotopic (exact) mass is 353 g/mol. The molecule has 1 aromatic heterocycles. The van der Waals surface area contributed by atoms with Crippen LogP contribution in [0.25, 0.3) is 0 Å². The Morgan fingerprint density at radius 2 is 2.00 bits per heavy atom. The molecule has 0 unspecified atom stereocenters. The number of amides is 1. The van der Waals surface area contributed by atoms with Crippen molar-refractivity contribution in [3.63, 3.8) is 0 Å². The molecule has 10 nitrogen and oxygen atoms in total. The summed E-state index contributed by atoms with van der Waals surface area (Å²) in [6.07, 6.45) is -0.690. The molecule has 0 spiro atoms. The maximum atomic E-state index is 11.2. The lowest BCUT2D eigenvalue weighted by atomic mass is 10.2. The summed E-state index contributed by atoms with van der Waals surface area (Å²) in [5.41, 5.74) is 7.43. The summed E-state index contributed by atoms with van der Waals surface area (Å²) in [6.45, 7) is 2.30. The minimum absolute atomic E-state index is 0.00296. The van der Waals surface area contributed by atoms with Gasteiger partial charge in [0.15, 0.2) is 0 Å². The topological polar surface area (TPSA) is 133 Å². The first kappa shape index (κ1) is 17.5. The van der Waals surface area contributed by atoms with E-state index < -0.39 is 6.09 Å². The van der Waals surface area contributed by atoms with E-state index in [1.54, 1.807) is 19.1 Å². The lowest BCUT2D eigenvalue weighted by Gasteiger charge is -2.10. The van der Waals surface area contributed by atoms with Crippen molar-refractivity contribution in [2.24, 2.45) is 0 Å². The van der Waals surface area contributed by atoms with Gasteiger partial charge in [0.2, 0.25) is 11.9 Å². The first-order valence-corrected chi connectivity index (χ1v) is 7.31. The number of hydrogen-bond donors (Lipinski definition) is 5. The van der Waals surface area contributed by atoms with Gasteiger partial charge in [-0.15, -0.1) is 0 Å². The number of nitrogens with zero attached hydrogens (tertiary/aromatic N) is 3. The molecule has 1 aromatic carbocycles. The molecule has 0 aliphatic carbocycles. The molecule has 0 radical (unpaired) electrons. The van der Waals surface area contributed by atoms with Gasteiger partial charge in [-0.05, 0) is 24.6 Å². The van der Waals surface area contributed by atoms with Crippen molar-refractivity contribution >= 4 is 35.5 Å². The van der Waals surface area contributed by atoms with Crippen LogP contribution in [0, 0.1) is 0 Å². The zero-order valence-electron chi connectivity index (χ0n) is 12.7.